The number of hydrogen-bond acceptors (Lipinski definition) is 2. The Morgan fingerprint density at radius 3 is 2.84 bits per heavy atom. The van der Waals surface area contributed by atoms with E-state index in [1.165, 1.54) is 47.2 Å². The lowest BCUT2D eigenvalue weighted by atomic mass is 10.0. The summed E-state index contributed by atoms with van der Waals surface area (Å²) < 4.78 is 1.99. The van der Waals surface area contributed by atoms with Crippen molar-refractivity contribution in [2.45, 2.75) is 32.7 Å². The first-order valence-electron chi connectivity index (χ1n) is 7.00. The molecule has 3 heteroatoms. The summed E-state index contributed by atoms with van der Waals surface area (Å²) in [6, 6.07) is 6.84. The van der Waals surface area contributed by atoms with Gasteiger partial charge >= 0.3 is 0 Å². The molecule has 3 rings (SSSR count). The van der Waals surface area contributed by atoms with Gasteiger partial charge in [0, 0.05) is 19.2 Å². The number of hydrogen-bond donors (Lipinski definition) is 1. The van der Waals surface area contributed by atoms with Gasteiger partial charge in [-0.2, -0.15) is 5.10 Å². The van der Waals surface area contributed by atoms with Crippen molar-refractivity contribution >= 4 is 0 Å². The van der Waals surface area contributed by atoms with Crippen molar-refractivity contribution in [3.8, 4) is 11.3 Å². The molecule has 0 atom stereocenters. The highest BCUT2D eigenvalue weighted by Gasteiger charge is 2.16. The fraction of sp³-hybridized carbons (Fsp3) is 0.438. The standard InChI is InChI=1S/C16H21N3/c1-11-15(10-17-2)19(3)18-16(11)14-8-7-12-5-4-6-13(12)9-14/h7-9,17H,4-6,10H2,1-3H3. The van der Waals surface area contributed by atoms with Crippen molar-refractivity contribution in [1.29, 1.82) is 0 Å². The van der Waals surface area contributed by atoms with Gasteiger partial charge in [-0.1, -0.05) is 12.1 Å². The van der Waals surface area contributed by atoms with E-state index in [-0.39, 0.29) is 0 Å². The summed E-state index contributed by atoms with van der Waals surface area (Å²) in [6.45, 7) is 3.03. The number of nitrogens with zero attached hydrogens (tertiary/aromatic N) is 2. The first-order valence-corrected chi connectivity index (χ1v) is 7.00. The molecular weight excluding hydrogens is 234 g/mol. The van der Waals surface area contributed by atoms with Crippen LogP contribution in [0.2, 0.25) is 0 Å². The zero-order chi connectivity index (χ0) is 13.4. The molecular formula is C16H21N3. The maximum atomic E-state index is 4.70. The Balaban J connectivity index is 2.05. The fourth-order valence-electron chi connectivity index (χ4n) is 3.07. The van der Waals surface area contributed by atoms with E-state index < -0.39 is 0 Å². The highest BCUT2D eigenvalue weighted by molar-refractivity contribution is 5.65. The first-order chi connectivity index (χ1) is 9.20. The predicted molar refractivity (Wildman–Crippen MR) is 78.2 cm³/mol. The number of rotatable bonds is 3. The van der Waals surface area contributed by atoms with Crippen LogP contribution in [0.3, 0.4) is 0 Å². The summed E-state index contributed by atoms with van der Waals surface area (Å²) in [5, 5.41) is 7.91. The van der Waals surface area contributed by atoms with Crippen LogP contribution in [0.25, 0.3) is 11.3 Å². The summed E-state index contributed by atoms with van der Waals surface area (Å²) >= 11 is 0. The van der Waals surface area contributed by atoms with Gasteiger partial charge < -0.3 is 5.32 Å². The normalized spacial score (nSPS) is 13.8. The van der Waals surface area contributed by atoms with Gasteiger partial charge in [-0.15, -0.1) is 0 Å². The molecule has 0 saturated carbocycles. The number of aryl methyl sites for hydroxylation is 3. The predicted octanol–water partition coefficient (Wildman–Crippen LogP) is 2.60. The number of aromatic nitrogens is 2. The lowest BCUT2D eigenvalue weighted by Gasteiger charge is -2.04. The van der Waals surface area contributed by atoms with Crippen molar-refractivity contribution in [1.82, 2.24) is 15.1 Å². The Hall–Kier alpha value is -1.61. The highest BCUT2D eigenvalue weighted by Crippen LogP contribution is 2.30. The first kappa shape index (κ1) is 12.4. The Bertz CT molecular complexity index is 611. The van der Waals surface area contributed by atoms with E-state index in [1.807, 2.05) is 18.8 Å². The molecule has 0 bridgehead atoms. The molecule has 0 amide bonds. The molecule has 2 aromatic rings. The minimum atomic E-state index is 0.861. The SMILES string of the molecule is CNCc1c(C)c(-c2ccc3c(c2)CCC3)nn1C. The molecule has 0 fully saturated rings. The van der Waals surface area contributed by atoms with Crippen molar-refractivity contribution in [2.24, 2.45) is 7.05 Å². The van der Waals surface area contributed by atoms with Crippen molar-refractivity contribution in [3.63, 3.8) is 0 Å². The van der Waals surface area contributed by atoms with E-state index in [0.29, 0.717) is 0 Å². The second kappa shape index (κ2) is 4.82. The number of benzene rings is 1. The van der Waals surface area contributed by atoms with Crippen molar-refractivity contribution in [3.05, 3.63) is 40.6 Å². The minimum Gasteiger partial charge on any atom is -0.314 e. The lowest BCUT2D eigenvalue weighted by Crippen LogP contribution is -2.10. The molecule has 1 aliphatic carbocycles. The van der Waals surface area contributed by atoms with Gasteiger partial charge in [0.2, 0.25) is 0 Å². The van der Waals surface area contributed by atoms with Crippen molar-refractivity contribution in [2.75, 3.05) is 7.05 Å². The maximum absolute atomic E-state index is 4.70. The van der Waals surface area contributed by atoms with Crippen LogP contribution >= 0.6 is 0 Å². The van der Waals surface area contributed by atoms with Gasteiger partial charge in [-0.3, -0.25) is 4.68 Å². The third-order valence-electron chi connectivity index (χ3n) is 4.14. The van der Waals surface area contributed by atoms with E-state index in [0.717, 1.165) is 12.2 Å². The van der Waals surface area contributed by atoms with Crippen LogP contribution in [-0.4, -0.2) is 16.8 Å². The third kappa shape index (κ3) is 2.08. The van der Waals surface area contributed by atoms with E-state index in [9.17, 15) is 0 Å². The number of nitrogens with one attached hydrogen (secondary N) is 1. The molecule has 100 valence electrons. The second-order valence-electron chi connectivity index (χ2n) is 5.41. The van der Waals surface area contributed by atoms with E-state index in [1.54, 1.807) is 0 Å². The summed E-state index contributed by atoms with van der Waals surface area (Å²) in [7, 11) is 4.00. The van der Waals surface area contributed by atoms with Crippen LogP contribution in [0.4, 0.5) is 0 Å². The molecule has 0 unspecified atom stereocenters. The van der Waals surface area contributed by atoms with Crippen LogP contribution in [0, 0.1) is 6.92 Å². The Labute approximate surface area is 114 Å². The van der Waals surface area contributed by atoms with Gasteiger partial charge in [-0.05, 0) is 56.0 Å². The molecule has 0 spiro atoms. The molecule has 0 saturated heterocycles. The summed E-state index contributed by atoms with van der Waals surface area (Å²) in [5.41, 5.74) is 7.97. The van der Waals surface area contributed by atoms with E-state index in [4.69, 9.17) is 5.10 Å². The average molecular weight is 255 g/mol. The van der Waals surface area contributed by atoms with Crippen LogP contribution in [-0.2, 0) is 26.4 Å². The second-order valence-corrected chi connectivity index (χ2v) is 5.41. The molecule has 1 aromatic carbocycles. The van der Waals surface area contributed by atoms with Gasteiger partial charge in [0.05, 0.1) is 11.4 Å². The third-order valence-corrected chi connectivity index (χ3v) is 4.14. The molecule has 19 heavy (non-hydrogen) atoms. The zero-order valence-electron chi connectivity index (χ0n) is 12.0. The van der Waals surface area contributed by atoms with Gasteiger partial charge in [0.1, 0.15) is 0 Å². The molecule has 0 aliphatic heterocycles. The summed E-state index contributed by atoms with van der Waals surface area (Å²) in [5.74, 6) is 0. The van der Waals surface area contributed by atoms with Crippen LogP contribution in [0.5, 0.6) is 0 Å². The molecule has 0 radical (unpaired) electrons. The zero-order valence-corrected chi connectivity index (χ0v) is 12.0. The molecule has 1 N–H and O–H groups in total. The quantitative estimate of drug-likeness (QED) is 0.913. The van der Waals surface area contributed by atoms with Gasteiger partial charge in [-0.25, -0.2) is 0 Å². The van der Waals surface area contributed by atoms with Gasteiger partial charge in [0.25, 0.3) is 0 Å². The number of fused-ring (bicyclic) bond motifs is 1. The van der Waals surface area contributed by atoms with E-state index >= 15 is 0 Å². The maximum Gasteiger partial charge on any atom is 0.0955 e. The van der Waals surface area contributed by atoms with Crippen LogP contribution < -0.4 is 5.32 Å². The molecule has 3 nitrogen and oxygen atoms in total. The Morgan fingerprint density at radius 1 is 1.26 bits per heavy atom. The smallest absolute Gasteiger partial charge is 0.0955 e. The van der Waals surface area contributed by atoms with Gasteiger partial charge in [0.15, 0.2) is 0 Å². The Kier molecular flexibility index (Phi) is 3.15. The Morgan fingerprint density at radius 2 is 2.05 bits per heavy atom. The fourth-order valence-corrected chi connectivity index (χ4v) is 3.07. The largest absolute Gasteiger partial charge is 0.314 e. The molecule has 1 aliphatic rings. The minimum absolute atomic E-state index is 0.861. The van der Waals surface area contributed by atoms with E-state index in [2.05, 4.69) is 30.4 Å². The topological polar surface area (TPSA) is 29.9 Å². The summed E-state index contributed by atoms with van der Waals surface area (Å²) in [4.78, 5) is 0. The lowest BCUT2D eigenvalue weighted by molar-refractivity contribution is 0.671. The monoisotopic (exact) mass is 255 g/mol. The molecule has 1 heterocycles. The molecule has 1 aromatic heterocycles. The van der Waals surface area contributed by atoms with Crippen LogP contribution in [0.15, 0.2) is 18.2 Å². The highest BCUT2D eigenvalue weighted by atomic mass is 15.3. The average Bonchev–Trinajstić information content (AvgIpc) is 2.97. The van der Waals surface area contributed by atoms with Crippen molar-refractivity contribution < 1.29 is 0 Å². The van der Waals surface area contributed by atoms with Crippen LogP contribution in [0.1, 0.15) is 28.8 Å². The summed E-state index contributed by atoms with van der Waals surface area (Å²) in [6.07, 6.45) is 3.76.